The van der Waals surface area contributed by atoms with Gasteiger partial charge in [-0.25, -0.2) is 9.18 Å². The first-order valence-electron chi connectivity index (χ1n) is 12.0. The van der Waals surface area contributed by atoms with Crippen LogP contribution in [0.5, 0.6) is 11.5 Å². The molecule has 2 aliphatic heterocycles. The van der Waals surface area contributed by atoms with Crippen LogP contribution < -0.4 is 9.97 Å². The molecule has 1 saturated heterocycles. The minimum atomic E-state index is -1.42. The van der Waals surface area contributed by atoms with Crippen LogP contribution in [0.4, 0.5) is 9.18 Å². The van der Waals surface area contributed by atoms with Gasteiger partial charge in [0.25, 0.3) is 0 Å². The number of fused-ring (bicyclic) bond motifs is 1. The lowest BCUT2D eigenvalue weighted by molar-refractivity contribution is -0.153. The van der Waals surface area contributed by atoms with Gasteiger partial charge in [0.2, 0.25) is 0 Å². The molecule has 0 aromatic heterocycles. The maximum atomic E-state index is 14.2. The number of aryl methyl sites for hydroxylation is 1. The van der Waals surface area contributed by atoms with Gasteiger partial charge in [-0.1, -0.05) is 24.3 Å². The molecular weight excluding hydrogens is 484 g/mol. The Morgan fingerprint density at radius 2 is 1.97 bits per heavy atom. The van der Waals surface area contributed by atoms with Crippen molar-refractivity contribution in [1.29, 1.82) is 0 Å². The first kappa shape index (κ1) is 26.1. The Morgan fingerprint density at radius 3 is 2.68 bits per heavy atom. The molecule has 0 spiro atoms. The number of nitrogens with one attached hydrogen (secondary N) is 1. The Kier molecular flexibility index (Phi) is 7.49. The van der Waals surface area contributed by atoms with E-state index in [2.05, 4.69) is 5.32 Å². The molecule has 0 radical (unpaired) electrons. The zero-order chi connectivity index (χ0) is 26.9. The van der Waals surface area contributed by atoms with E-state index in [0.717, 1.165) is 23.3 Å². The lowest BCUT2D eigenvalue weighted by atomic mass is 9.64. The lowest BCUT2D eigenvalue weighted by Crippen LogP contribution is -2.58. The summed E-state index contributed by atoms with van der Waals surface area (Å²) in [5, 5.41) is 22.6. The second kappa shape index (κ2) is 10.6. The second-order valence-corrected chi connectivity index (χ2v) is 9.14. The Hall–Kier alpha value is -3.93. The summed E-state index contributed by atoms with van der Waals surface area (Å²) >= 11 is 0. The van der Waals surface area contributed by atoms with Crippen molar-refractivity contribution in [3.63, 3.8) is 0 Å². The van der Waals surface area contributed by atoms with Crippen molar-refractivity contribution in [2.24, 2.45) is 0 Å². The van der Waals surface area contributed by atoms with Crippen LogP contribution in [-0.4, -0.2) is 70.3 Å². The number of hydrogen-bond acceptors (Lipinski definition) is 7. The Bertz CT molecular complexity index is 1260. The van der Waals surface area contributed by atoms with E-state index in [4.69, 9.17) is 4.65 Å². The van der Waals surface area contributed by atoms with Crippen molar-refractivity contribution >= 4 is 30.7 Å². The summed E-state index contributed by atoms with van der Waals surface area (Å²) in [6.45, 7) is 3.93. The zero-order valence-electron chi connectivity index (χ0n) is 20.4. The third kappa shape index (κ3) is 5.29. The molecular formula is C25H27BFN3O7. The fraction of sp³-hybridized carbons (Fsp3) is 0.360. The number of hydrogen-bond donors (Lipinski definition) is 3. The third-order valence-corrected chi connectivity index (χ3v) is 6.71. The predicted octanol–water partition coefficient (Wildman–Crippen LogP) is 1.73. The summed E-state index contributed by atoms with van der Waals surface area (Å²) in [5.41, 5.74) is 1.69. The van der Waals surface area contributed by atoms with E-state index >= 15 is 0 Å². The van der Waals surface area contributed by atoms with Gasteiger partial charge >= 0.3 is 25.0 Å². The van der Waals surface area contributed by atoms with E-state index < -0.39 is 54.2 Å². The summed E-state index contributed by atoms with van der Waals surface area (Å²) in [7, 11) is -1.29. The topological polar surface area (TPSA) is 136 Å². The smallest absolute Gasteiger partial charge is 0.526 e. The molecule has 4 rings (SSSR count). The van der Waals surface area contributed by atoms with E-state index in [1.807, 2.05) is 25.1 Å². The van der Waals surface area contributed by atoms with Crippen molar-refractivity contribution in [2.75, 3.05) is 19.6 Å². The Labute approximate surface area is 213 Å². The van der Waals surface area contributed by atoms with Crippen LogP contribution in [0, 0.1) is 12.7 Å². The van der Waals surface area contributed by atoms with Crippen molar-refractivity contribution in [2.45, 2.75) is 38.5 Å². The molecule has 2 atom stereocenters. The van der Waals surface area contributed by atoms with Crippen molar-refractivity contribution < 1.29 is 38.4 Å². The second-order valence-electron chi connectivity index (χ2n) is 9.14. The van der Waals surface area contributed by atoms with Gasteiger partial charge in [0.1, 0.15) is 11.8 Å². The third-order valence-electron chi connectivity index (χ3n) is 6.71. The number of rotatable bonds is 6. The molecule has 0 unspecified atom stereocenters. The SMILES string of the molecule is CCN1CCN(C(=O)N[C@@H](C(=O)C[C@H]2Cc3cccc(C)c3OB2O)c2ccc(O)c(F)c2)C(=O)C1=O. The molecule has 2 aliphatic rings. The van der Waals surface area contributed by atoms with E-state index in [1.54, 1.807) is 6.92 Å². The van der Waals surface area contributed by atoms with E-state index in [0.29, 0.717) is 23.6 Å². The lowest BCUT2D eigenvalue weighted by Gasteiger charge is -2.33. The summed E-state index contributed by atoms with van der Waals surface area (Å²) in [4.78, 5) is 53.2. The monoisotopic (exact) mass is 511 g/mol. The Balaban J connectivity index is 1.56. The highest BCUT2D eigenvalue weighted by Crippen LogP contribution is 2.37. The number of piperazine rings is 1. The molecule has 194 valence electrons. The number of benzene rings is 2. The largest absolute Gasteiger partial charge is 0.536 e. The average molecular weight is 511 g/mol. The number of urea groups is 1. The summed E-state index contributed by atoms with van der Waals surface area (Å²) in [5.74, 6) is -4.18. The minimum Gasteiger partial charge on any atom is -0.536 e. The number of likely N-dealkylation sites (N-methyl/N-ethyl adjacent to an activating group) is 1. The number of nitrogens with zero attached hydrogens (tertiary/aromatic N) is 2. The van der Waals surface area contributed by atoms with Crippen LogP contribution in [0.25, 0.3) is 0 Å². The molecule has 12 heteroatoms. The van der Waals surface area contributed by atoms with Gasteiger partial charge in [0.05, 0.1) is 0 Å². The number of carbonyl (C=O) groups excluding carboxylic acids is 4. The van der Waals surface area contributed by atoms with E-state index in [1.165, 1.54) is 11.0 Å². The number of carbonyl (C=O) groups is 4. The van der Waals surface area contributed by atoms with Crippen LogP contribution >= 0.6 is 0 Å². The average Bonchev–Trinajstić information content (AvgIpc) is 2.87. The maximum Gasteiger partial charge on any atom is 0.526 e. The highest BCUT2D eigenvalue weighted by atomic mass is 19.1. The van der Waals surface area contributed by atoms with Gasteiger partial charge in [0.15, 0.2) is 17.3 Å². The van der Waals surface area contributed by atoms with Gasteiger partial charge in [0, 0.05) is 31.9 Å². The molecule has 4 amide bonds. The first-order valence-corrected chi connectivity index (χ1v) is 12.0. The van der Waals surface area contributed by atoms with E-state index in [9.17, 15) is 33.7 Å². The molecule has 37 heavy (non-hydrogen) atoms. The number of imide groups is 1. The number of phenolic OH excluding ortho intramolecular Hbond substituents is 1. The molecule has 0 aliphatic carbocycles. The summed E-state index contributed by atoms with van der Waals surface area (Å²) in [6.07, 6.45) is 0.0962. The Morgan fingerprint density at radius 1 is 1.22 bits per heavy atom. The normalized spacial score (nSPS) is 18.3. The molecule has 3 N–H and O–H groups in total. The molecule has 0 saturated carbocycles. The molecule has 2 heterocycles. The maximum absolute atomic E-state index is 14.2. The fourth-order valence-electron chi connectivity index (χ4n) is 4.62. The number of aromatic hydroxyl groups is 1. The van der Waals surface area contributed by atoms with Crippen molar-refractivity contribution in [1.82, 2.24) is 15.1 Å². The zero-order valence-corrected chi connectivity index (χ0v) is 20.4. The number of Topliss-reactive ketones (excluding diaryl/α,β-unsaturated/α-hetero) is 1. The van der Waals surface area contributed by atoms with Gasteiger partial charge in [-0.2, -0.15) is 0 Å². The number of amides is 4. The fourth-order valence-corrected chi connectivity index (χ4v) is 4.62. The predicted molar refractivity (Wildman–Crippen MR) is 130 cm³/mol. The molecule has 0 bridgehead atoms. The van der Waals surface area contributed by atoms with Crippen LogP contribution in [-0.2, 0) is 20.8 Å². The molecule has 2 aromatic carbocycles. The van der Waals surface area contributed by atoms with Crippen molar-refractivity contribution in [3.05, 3.63) is 58.9 Å². The van der Waals surface area contributed by atoms with Crippen LogP contribution in [0.3, 0.4) is 0 Å². The van der Waals surface area contributed by atoms with Gasteiger partial charge in [-0.3, -0.25) is 19.3 Å². The summed E-state index contributed by atoms with van der Waals surface area (Å²) in [6, 6.07) is 6.34. The van der Waals surface area contributed by atoms with E-state index in [-0.39, 0.29) is 25.1 Å². The number of halogens is 1. The molecule has 10 nitrogen and oxygen atoms in total. The first-order chi connectivity index (χ1) is 17.6. The number of ketones is 1. The number of phenols is 1. The quantitative estimate of drug-likeness (QED) is 0.397. The standard InChI is InChI=1S/C25H27BFN3O7/c1-3-29-9-10-30(24(34)23(29)33)25(35)28-21(15-7-8-19(31)18(27)12-15)20(32)13-17-11-16-6-4-5-14(2)22(16)37-26(17)36/h4-8,12,17,21,31,36H,3,9-11,13H2,1-2H3,(H,28,35)/t17-,21-/m1/s1. The summed E-state index contributed by atoms with van der Waals surface area (Å²) < 4.78 is 19.8. The molecule has 1 fully saturated rings. The molecule has 2 aromatic rings. The number of para-hydroxylation sites is 1. The van der Waals surface area contributed by atoms with Gasteiger partial charge in [-0.05, 0) is 49.1 Å². The minimum absolute atomic E-state index is 0.0297. The van der Waals surface area contributed by atoms with Crippen LogP contribution in [0.2, 0.25) is 5.82 Å². The van der Waals surface area contributed by atoms with Gasteiger partial charge < -0.3 is 25.0 Å². The van der Waals surface area contributed by atoms with Crippen LogP contribution in [0.1, 0.15) is 36.1 Å². The van der Waals surface area contributed by atoms with Gasteiger partial charge in [-0.15, -0.1) is 0 Å². The van der Waals surface area contributed by atoms with Crippen molar-refractivity contribution in [3.8, 4) is 11.5 Å². The van der Waals surface area contributed by atoms with Crippen LogP contribution in [0.15, 0.2) is 36.4 Å². The highest BCUT2D eigenvalue weighted by Gasteiger charge is 2.40. The highest BCUT2D eigenvalue weighted by molar-refractivity contribution is 6.46.